The summed E-state index contributed by atoms with van der Waals surface area (Å²) in [5.74, 6) is -0.897. The van der Waals surface area contributed by atoms with Crippen molar-refractivity contribution in [3.8, 4) is 0 Å². The Morgan fingerprint density at radius 1 is 0.444 bits per heavy atom. The number of rotatable bonds is 4. The Balaban J connectivity index is 0.000000465. The monoisotopic (exact) mass is 460 g/mol. The summed E-state index contributed by atoms with van der Waals surface area (Å²) in [6.45, 7) is 0. The summed E-state index contributed by atoms with van der Waals surface area (Å²) >= 11 is 0. The van der Waals surface area contributed by atoms with Crippen LogP contribution in [0.5, 0.6) is 0 Å². The largest absolute Gasteiger partial charge is 0.150 e. The first kappa shape index (κ1) is 26.4. The minimum absolute atomic E-state index is 0. The standard InChI is InChI=1S/C7H8N4O4.2C5H5.2Co/c12-8-4-2-1-3(6(4)10-14)7(11-15)5(2)9-13;2*1-2-4-5-3-1;;/h2-7H,1H2;2*1-5H;;/t2?,3?,4-,5+,6+,7-;;;;. The van der Waals surface area contributed by atoms with Crippen LogP contribution in [0.4, 0.5) is 0 Å². The van der Waals surface area contributed by atoms with Crippen LogP contribution in [0.25, 0.3) is 0 Å². The van der Waals surface area contributed by atoms with Crippen molar-refractivity contribution in [3.63, 3.8) is 0 Å². The molecule has 4 rings (SSSR count). The van der Waals surface area contributed by atoms with E-state index in [4.69, 9.17) is 0 Å². The molecular formula is C17H18Co2N4O4. The molecule has 27 heavy (non-hydrogen) atoms. The van der Waals surface area contributed by atoms with Crippen LogP contribution < -0.4 is 0 Å². The van der Waals surface area contributed by atoms with Crippen LogP contribution in [0.2, 0.25) is 0 Å². The van der Waals surface area contributed by atoms with E-state index in [2.05, 4.69) is 20.7 Å². The predicted molar refractivity (Wildman–Crippen MR) is 92.9 cm³/mol. The summed E-state index contributed by atoms with van der Waals surface area (Å²) in [6, 6.07) is -3.30. The third-order valence-electron chi connectivity index (χ3n) is 4.60. The maximum absolute atomic E-state index is 10.5. The van der Waals surface area contributed by atoms with Crippen molar-refractivity contribution in [3.05, 3.63) is 83.8 Å². The Morgan fingerprint density at radius 2 is 0.630 bits per heavy atom. The van der Waals surface area contributed by atoms with Gasteiger partial charge in [0.05, 0.1) is 0 Å². The van der Waals surface area contributed by atoms with Crippen LogP contribution in [0.3, 0.4) is 0 Å². The molecule has 8 nitrogen and oxygen atoms in total. The Bertz CT molecular complexity index is 381. The van der Waals surface area contributed by atoms with E-state index < -0.39 is 36.0 Å². The normalized spacial score (nSPS) is 35.3. The molecule has 0 aliphatic heterocycles. The minimum atomic E-state index is -0.826. The van der Waals surface area contributed by atoms with Crippen molar-refractivity contribution in [1.82, 2.24) is 0 Å². The van der Waals surface area contributed by atoms with Crippen LogP contribution in [0.15, 0.2) is 20.7 Å². The van der Waals surface area contributed by atoms with Gasteiger partial charge < -0.3 is 0 Å². The minimum Gasteiger partial charge on any atom is -0.150 e. The molecule has 0 aromatic heterocycles. The van der Waals surface area contributed by atoms with Gasteiger partial charge in [0.2, 0.25) is 0 Å². The van der Waals surface area contributed by atoms with Gasteiger partial charge in [-0.1, -0.05) is 20.7 Å². The molecular weight excluding hydrogens is 442 g/mol. The zero-order valence-corrected chi connectivity index (χ0v) is 16.1. The van der Waals surface area contributed by atoms with Crippen LogP contribution >= 0.6 is 0 Å². The SMILES string of the molecule is O=N[C@@H]1C2CC([C@@H](N=O)[C@H]2N=O)[C@@H]1N=O.[CH]1[CH][CH][CH][CH]1.[CH]1[CH][CH][CH][CH]1.[Co].[Co]. The van der Waals surface area contributed by atoms with E-state index in [9.17, 15) is 19.6 Å². The topological polar surface area (TPSA) is 118 Å². The molecule has 0 aromatic rings. The van der Waals surface area contributed by atoms with E-state index >= 15 is 0 Å². The first-order valence-corrected chi connectivity index (χ1v) is 7.91. The average molecular weight is 460 g/mol. The Kier molecular flexibility index (Phi) is 14.1. The van der Waals surface area contributed by atoms with E-state index in [1.54, 1.807) is 0 Å². The maximum atomic E-state index is 10.5. The summed E-state index contributed by atoms with van der Waals surface area (Å²) in [7, 11) is 0. The average Bonchev–Trinajstić information content (AvgIpc) is 3.44. The van der Waals surface area contributed by atoms with Crippen molar-refractivity contribution in [2.45, 2.75) is 30.6 Å². The molecule has 0 heterocycles. The van der Waals surface area contributed by atoms with Crippen molar-refractivity contribution in [2.75, 3.05) is 0 Å². The summed E-state index contributed by atoms with van der Waals surface area (Å²) in [4.78, 5) is 42.1. The Morgan fingerprint density at radius 3 is 0.778 bits per heavy atom. The van der Waals surface area contributed by atoms with Crippen LogP contribution in [0, 0.1) is 95.7 Å². The second-order valence-electron chi connectivity index (χ2n) is 5.87. The maximum Gasteiger partial charge on any atom is 0.123 e. The van der Waals surface area contributed by atoms with Gasteiger partial charge in [0.1, 0.15) is 24.2 Å². The van der Waals surface area contributed by atoms with Crippen molar-refractivity contribution >= 4 is 0 Å². The molecule has 0 aromatic carbocycles. The molecule has 148 valence electrons. The van der Waals surface area contributed by atoms with E-state index in [0.29, 0.717) is 6.42 Å². The first-order chi connectivity index (χ1) is 12.3. The van der Waals surface area contributed by atoms with Gasteiger partial charge in [0, 0.05) is 45.4 Å². The zero-order chi connectivity index (χ0) is 18.1. The Hall–Kier alpha value is -0.587. The van der Waals surface area contributed by atoms with Crippen LogP contribution in [0.1, 0.15) is 6.42 Å². The molecule has 4 fully saturated rings. The van der Waals surface area contributed by atoms with E-state index in [-0.39, 0.29) is 33.6 Å². The Labute approximate surface area is 180 Å². The molecule has 0 amide bonds. The summed E-state index contributed by atoms with van der Waals surface area (Å²) in [5.41, 5.74) is 0. The van der Waals surface area contributed by atoms with Crippen molar-refractivity contribution in [1.29, 1.82) is 0 Å². The van der Waals surface area contributed by atoms with E-state index in [0.717, 1.165) is 0 Å². The van der Waals surface area contributed by atoms with Crippen LogP contribution in [-0.2, 0) is 33.6 Å². The van der Waals surface area contributed by atoms with E-state index in [1.165, 1.54) is 0 Å². The number of hydrogen-bond donors (Lipinski definition) is 0. The first-order valence-electron chi connectivity index (χ1n) is 7.91. The second-order valence-corrected chi connectivity index (χ2v) is 5.87. The second kappa shape index (κ2) is 14.4. The third kappa shape index (κ3) is 6.75. The van der Waals surface area contributed by atoms with Gasteiger partial charge in [-0.15, -0.1) is 0 Å². The third-order valence-corrected chi connectivity index (χ3v) is 4.60. The zero-order valence-electron chi connectivity index (χ0n) is 14.0. The fourth-order valence-electron chi connectivity index (χ4n) is 3.49. The van der Waals surface area contributed by atoms with Gasteiger partial charge in [-0.2, -0.15) is 19.6 Å². The molecule has 2 bridgehead atoms. The van der Waals surface area contributed by atoms with Gasteiger partial charge in [-0.3, -0.25) is 0 Å². The quantitative estimate of drug-likeness (QED) is 0.599. The fourth-order valence-corrected chi connectivity index (χ4v) is 3.49. The smallest absolute Gasteiger partial charge is 0.123 e. The molecule has 6 atom stereocenters. The van der Waals surface area contributed by atoms with Gasteiger partial charge in [-0.05, 0) is 70.6 Å². The summed E-state index contributed by atoms with van der Waals surface area (Å²) in [6.07, 6.45) is 20.4. The molecule has 2 unspecified atom stereocenters. The van der Waals surface area contributed by atoms with Crippen LogP contribution in [-0.4, -0.2) is 24.2 Å². The molecule has 4 aliphatic rings. The molecule has 12 radical (unpaired) electrons. The van der Waals surface area contributed by atoms with Crippen molar-refractivity contribution < 1.29 is 33.6 Å². The number of hydrogen-bond acceptors (Lipinski definition) is 8. The molecule has 4 aliphatic carbocycles. The number of nitroso groups, excluding NO2 is 4. The van der Waals surface area contributed by atoms with Gasteiger partial charge in [0.15, 0.2) is 0 Å². The predicted octanol–water partition coefficient (Wildman–Crippen LogP) is 3.21. The number of fused-ring (bicyclic) bond motifs is 2. The van der Waals surface area contributed by atoms with Gasteiger partial charge >= 0.3 is 0 Å². The van der Waals surface area contributed by atoms with Gasteiger partial charge in [0.25, 0.3) is 0 Å². The van der Waals surface area contributed by atoms with E-state index in [1.807, 2.05) is 64.2 Å². The molecule has 4 saturated carbocycles. The number of nitrogens with zero attached hydrogens (tertiary/aromatic N) is 4. The van der Waals surface area contributed by atoms with Gasteiger partial charge in [-0.25, -0.2) is 0 Å². The summed E-state index contributed by atoms with van der Waals surface area (Å²) in [5, 5.41) is 11.2. The summed E-state index contributed by atoms with van der Waals surface area (Å²) < 4.78 is 0. The fraction of sp³-hybridized carbons (Fsp3) is 0.412. The van der Waals surface area contributed by atoms with Crippen molar-refractivity contribution in [2.24, 2.45) is 32.5 Å². The molecule has 0 N–H and O–H groups in total. The molecule has 10 heteroatoms. The molecule has 0 saturated heterocycles. The molecule has 0 spiro atoms.